The lowest BCUT2D eigenvalue weighted by molar-refractivity contribution is -0.0574. The van der Waals surface area contributed by atoms with E-state index in [4.69, 9.17) is 9.84 Å². The van der Waals surface area contributed by atoms with E-state index in [1.165, 1.54) is 128 Å². The first-order chi connectivity index (χ1) is 21.3. The second-order valence-corrected chi connectivity index (χ2v) is 16.9. The van der Waals surface area contributed by atoms with Gasteiger partial charge in [0.15, 0.2) is 0 Å². The third-order valence-corrected chi connectivity index (χ3v) is 11.6. The average molecular weight is 630 g/mol. The zero-order valence-electron chi connectivity index (χ0n) is 32.2. The molecule has 1 aromatic heterocycles. The van der Waals surface area contributed by atoms with Crippen molar-refractivity contribution in [1.82, 2.24) is 14.7 Å². The van der Waals surface area contributed by atoms with Crippen molar-refractivity contribution < 1.29 is 4.74 Å². The quantitative estimate of drug-likeness (QED) is 0.101. The Hall–Kier alpha value is -0.870. The molecule has 1 aromatic rings. The summed E-state index contributed by atoms with van der Waals surface area (Å²) in [5.41, 5.74) is 1.77. The van der Waals surface area contributed by atoms with Gasteiger partial charge in [0.2, 0.25) is 0 Å². The van der Waals surface area contributed by atoms with E-state index in [0.717, 1.165) is 25.2 Å². The molecule has 2 heterocycles. The smallest absolute Gasteiger partial charge is 0.0754 e. The molecule has 0 aromatic carbocycles. The summed E-state index contributed by atoms with van der Waals surface area (Å²) in [5, 5.41) is 4.90. The molecule has 4 nitrogen and oxygen atoms in total. The van der Waals surface area contributed by atoms with Gasteiger partial charge < -0.3 is 4.74 Å². The summed E-state index contributed by atoms with van der Waals surface area (Å²) in [4.78, 5) is 2.80. The Bertz CT molecular complexity index is 898. The number of unbranched alkanes of at least 4 members (excludes halogenated alkanes) is 9. The van der Waals surface area contributed by atoms with Crippen LogP contribution in [0.15, 0.2) is 12.4 Å². The van der Waals surface area contributed by atoms with Crippen molar-refractivity contribution in [2.24, 2.45) is 11.3 Å². The molecule has 1 fully saturated rings. The maximum Gasteiger partial charge on any atom is 0.0754 e. The standard InChI is InChI=1S/C41H79N3O/c1-11-15-19-21-22-27-40(9,26-17-13-3)37-24-30-43(31-25-37)38(5,6)35-39(7,8)44-33-36(32-42-44)34-45-41(10,28-18-14-4)29-23-20-16-12-2/h32-33,37H,11-31,34-35H2,1-10H3. The number of likely N-dealkylation sites (tertiary alicyclic amines) is 1. The number of ether oxygens (including phenoxy) is 1. The van der Waals surface area contributed by atoms with Gasteiger partial charge in [0.1, 0.15) is 0 Å². The highest BCUT2D eigenvalue weighted by molar-refractivity contribution is 5.05. The first kappa shape index (κ1) is 40.3. The summed E-state index contributed by atoms with van der Waals surface area (Å²) >= 11 is 0. The van der Waals surface area contributed by atoms with E-state index in [1.54, 1.807) is 0 Å². The molecular weight excluding hydrogens is 550 g/mol. The summed E-state index contributed by atoms with van der Waals surface area (Å²) < 4.78 is 8.89. The van der Waals surface area contributed by atoms with E-state index in [9.17, 15) is 0 Å². The van der Waals surface area contributed by atoms with E-state index >= 15 is 0 Å². The van der Waals surface area contributed by atoms with Gasteiger partial charge in [0.25, 0.3) is 0 Å². The van der Waals surface area contributed by atoms with Crippen LogP contribution < -0.4 is 0 Å². The molecule has 4 heteroatoms. The molecule has 264 valence electrons. The van der Waals surface area contributed by atoms with Crippen LogP contribution in [-0.4, -0.2) is 38.9 Å². The van der Waals surface area contributed by atoms with Crippen LogP contribution in [0.1, 0.15) is 203 Å². The van der Waals surface area contributed by atoms with Crippen LogP contribution in [0.5, 0.6) is 0 Å². The minimum absolute atomic E-state index is 0.0306. The van der Waals surface area contributed by atoms with Crippen molar-refractivity contribution in [2.45, 2.75) is 221 Å². The molecule has 45 heavy (non-hydrogen) atoms. The first-order valence-electron chi connectivity index (χ1n) is 19.8. The lowest BCUT2D eigenvalue weighted by Crippen LogP contribution is -2.53. The van der Waals surface area contributed by atoms with Gasteiger partial charge in [-0.2, -0.15) is 5.10 Å². The monoisotopic (exact) mass is 630 g/mol. The molecule has 0 aliphatic carbocycles. The molecule has 0 amide bonds. The lowest BCUT2D eigenvalue weighted by Gasteiger charge is -2.49. The van der Waals surface area contributed by atoms with Crippen molar-refractivity contribution in [3.8, 4) is 0 Å². The highest BCUT2D eigenvalue weighted by atomic mass is 16.5. The van der Waals surface area contributed by atoms with Gasteiger partial charge in [-0.15, -0.1) is 0 Å². The van der Waals surface area contributed by atoms with Gasteiger partial charge in [-0.25, -0.2) is 0 Å². The number of hydrogen-bond donors (Lipinski definition) is 0. The van der Waals surface area contributed by atoms with Crippen LogP contribution in [0.3, 0.4) is 0 Å². The highest BCUT2D eigenvalue weighted by Crippen LogP contribution is 2.45. The Kier molecular flexibility index (Phi) is 17.8. The molecule has 0 saturated carbocycles. The zero-order chi connectivity index (χ0) is 33.4. The Balaban J connectivity index is 1.97. The molecule has 0 spiro atoms. The molecule has 1 aliphatic rings. The maximum absolute atomic E-state index is 6.66. The van der Waals surface area contributed by atoms with E-state index in [2.05, 4.69) is 91.2 Å². The Morgan fingerprint density at radius 3 is 1.80 bits per heavy atom. The topological polar surface area (TPSA) is 30.3 Å². The minimum Gasteiger partial charge on any atom is -0.370 e. The summed E-state index contributed by atoms with van der Waals surface area (Å²) in [5.74, 6) is 0.874. The summed E-state index contributed by atoms with van der Waals surface area (Å²) in [6, 6.07) is 0. The third kappa shape index (κ3) is 13.6. The van der Waals surface area contributed by atoms with E-state index < -0.39 is 0 Å². The number of hydrogen-bond acceptors (Lipinski definition) is 3. The van der Waals surface area contributed by atoms with Gasteiger partial charge in [0.05, 0.1) is 23.9 Å². The normalized spacial score (nSPS) is 18.3. The maximum atomic E-state index is 6.66. The number of nitrogens with zero attached hydrogens (tertiary/aromatic N) is 3. The van der Waals surface area contributed by atoms with Gasteiger partial charge in [-0.05, 0) is 104 Å². The van der Waals surface area contributed by atoms with Crippen molar-refractivity contribution in [1.29, 1.82) is 0 Å². The fourth-order valence-electron chi connectivity index (χ4n) is 8.45. The predicted molar refractivity (Wildman–Crippen MR) is 197 cm³/mol. The zero-order valence-corrected chi connectivity index (χ0v) is 32.2. The van der Waals surface area contributed by atoms with Gasteiger partial charge >= 0.3 is 0 Å². The molecule has 2 unspecified atom stereocenters. The molecule has 1 saturated heterocycles. The summed E-state index contributed by atoms with van der Waals surface area (Å²) in [7, 11) is 0. The molecule has 2 atom stereocenters. The fraction of sp³-hybridized carbons (Fsp3) is 0.927. The molecule has 1 aliphatic heterocycles. The SMILES string of the molecule is CCCCCCCC(C)(CCCC)C1CCN(C(C)(C)CC(C)(C)n2cc(COC(C)(CCCC)CCCCCC)cn2)CC1. The van der Waals surface area contributed by atoms with Crippen LogP contribution in [0.4, 0.5) is 0 Å². The molecular formula is C41H79N3O. The van der Waals surface area contributed by atoms with Gasteiger partial charge in [-0.3, -0.25) is 9.58 Å². The first-order valence-corrected chi connectivity index (χ1v) is 19.8. The Morgan fingerprint density at radius 1 is 0.667 bits per heavy atom. The minimum atomic E-state index is -0.0571. The second-order valence-electron chi connectivity index (χ2n) is 16.9. The van der Waals surface area contributed by atoms with Crippen molar-refractivity contribution >= 4 is 0 Å². The van der Waals surface area contributed by atoms with E-state index in [0.29, 0.717) is 12.0 Å². The van der Waals surface area contributed by atoms with Crippen LogP contribution in [0, 0.1) is 11.3 Å². The number of rotatable bonds is 25. The van der Waals surface area contributed by atoms with Crippen LogP contribution >= 0.6 is 0 Å². The van der Waals surface area contributed by atoms with Crippen molar-refractivity contribution in [3.63, 3.8) is 0 Å². The van der Waals surface area contributed by atoms with Crippen molar-refractivity contribution in [2.75, 3.05) is 13.1 Å². The van der Waals surface area contributed by atoms with Crippen molar-refractivity contribution in [3.05, 3.63) is 18.0 Å². The molecule has 0 bridgehead atoms. The van der Waals surface area contributed by atoms with Crippen LogP contribution in [0.25, 0.3) is 0 Å². The van der Waals surface area contributed by atoms with Gasteiger partial charge in [0, 0.05) is 17.3 Å². The average Bonchev–Trinajstić information content (AvgIpc) is 3.50. The summed E-state index contributed by atoms with van der Waals surface area (Å²) in [6.07, 6.45) is 30.7. The molecule has 0 N–H and O–H groups in total. The van der Waals surface area contributed by atoms with E-state index in [-0.39, 0.29) is 16.7 Å². The molecule has 2 rings (SSSR count). The predicted octanol–water partition coefficient (Wildman–Crippen LogP) is 12.5. The largest absolute Gasteiger partial charge is 0.370 e. The Labute approximate surface area is 282 Å². The van der Waals surface area contributed by atoms with Crippen LogP contribution in [0.2, 0.25) is 0 Å². The fourth-order valence-corrected chi connectivity index (χ4v) is 8.45. The second kappa shape index (κ2) is 19.8. The van der Waals surface area contributed by atoms with E-state index in [1.807, 2.05) is 0 Å². The Morgan fingerprint density at radius 2 is 1.18 bits per heavy atom. The molecule has 0 radical (unpaired) electrons. The third-order valence-electron chi connectivity index (χ3n) is 11.6. The highest BCUT2D eigenvalue weighted by Gasteiger charge is 2.40. The van der Waals surface area contributed by atoms with Gasteiger partial charge in [-0.1, -0.05) is 118 Å². The number of piperidine rings is 1. The summed E-state index contributed by atoms with van der Waals surface area (Å²) in [6.45, 7) is 27.1. The van der Waals surface area contributed by atoms with Crippen LogP contribution in [-0.2, 0) is 16.9 Å². The number of aromatic nitrogens is 2. The lowest BCUT2D eigenvalue weighted by atomic mass is 9.66.